The highest BCUT2D eigenvalue weighted by Gasteiger charge is 2.07. The molecule has 0 atom stereocenters. The molecule has 0 aliphatic rings. The van der Waals surface area contributed by atoms with Gasteiger partial charge >= 0.3 is 0 Å². The van der Waals surface area contributed by atoms with Gasteiger partial charge in [0.1, 0.15) is 0 Å². The van der Waals surface area contributed by atoms with Crippen molar-refractivity contribution in [3.05, 3.63) is 59.6 Å². The lowest BCUT2D eigenvalue weighted by molar-refractivity contribution is -0.114. The van der Waals surface area contributed by atoms with Crippen molar-refractivity contribution >= 4 is 28.9 Å². The molecule has 0 bridgehead atoms. The van der Waals surface area contributed by atoms with Crippen LogP contribution >= 0.6 is 11.6 Å². The second-order valence-corrected chi connectivity index (χ2v) is 4.69. The van der Waals surface area contributed by atoms with Gasteiger partial charge in [0.25, 0.3) is 0 Å². The van der Waals surface area contributed by atoms with Crippen LogP contribution < -0.4 is 10.2 Å². The van der Waals surface area contributed by atoms with Gasteiger partial charge in [0.05, 0.1) is 6.54 Å². The van der Waals surface area contributed by atoms with Crippen molar-refractivity contribution in [1.82, 2.24) is 0 Å². The number of nitrogens with one attached hydrogen (secondary N) is 1. The zero-order chi connectivity index (χ0) is 13.7. The summed E-state index contributed by atoms with van der Waals surface area (Å²) in [7, 11) is 1.88. The summed E-state index contributed by atoms with van der Waals surface area (Å²) in [5.41, 5.74) is 1.71. The Labute approximate surface area is 117 Å². The summed E-state index contributed by atoms with van der Waals surface area (Å²) in [5.74, 6) is -0.0754. The van der Waals surface area contributed by atoms with Gasteiger partial charge in [-0.25, -0.2) is 0 Å². The van der Waals surface area contributed by atoms with Crippen LogP contribution in [-0.4, -0.2) is 19.5 Å². The van der Waals surface area contributed by atoms with Crippen molar-refractivity contribution in [2.75, 3.05) is 23.8 Å². The zero-order valence-electron chi connectivity index (χ0n) is 10.6. The smallest absolute Gasteiger partial charge is 0.243 e. The molecule has 1 amide bonds. The fraction of sp³-hybridized carbons (Fsp3) is 0.133. The van der Waals surface area contributed by atoms with E-state index in [4.69, 9.17) is 11.6 Å². The molecule has 2 rings (SSSR count). The van der Waals surface area contributed by atoms with Crippen LogP contribution in [0.2, 0.25) is 5.02 Å². The van der Waals surface area contributed by atoms with Crippen LogP contribution in [0.25, 0.3) is 0 Å². The van der Waals surface area contributed by atoms with E-state index in [1.807, 2.05) is 48.3 Å². The van der Waals surface area contributed by atoms with E-state index in [2.05, 4.69) is 5.32 Å². The number of anilines is 2. The average molecular weight is 275 g/mol. The first kappa shape index (κ1) is 13.4. The van der Waals surface area contributed by atoms with Gasteiger partial charge < -0.3 is 10.2 Å². The van der Waals surface area contributed by atoms with E-state index in [1.165, 1.54) is 0 Å². The minimum atomic E-state index is -0.0754. The number of carbonyl (C=O) groups excluding carboxylic acids is 1. The molecule has 1 N–H and O–H groups in total. The van der Waals surface area contributed by atoms with Crippen molar-refractivity contribution in [3.63, 3.8) is 0 Å². The number of benzene rings is 2. The standard InChI is InChI=1S/C15H15ClN2O/c1-18(14-8-3-2-4-9-14)11-15(19)17-13-7-5-6-12(16)10-13/h2-10H,11H2,1H3,(H,17,19). The third kappa shape index (κ3) is 4.00. The van der Waals surface area contributed by atoms with Gasteiger partial charge in [-0.15, -0.1) is 0 Å². The molecular weight excluding hydrogens is 260 g/mol. The molecule has 0 unspecified atom stereocenters. The fourth-order valence-electron chi connectivity index (χ4n) is 1.76. The van der Waals surface area contributed by atoms with Crippen molar-refractivity contribution < 1.29 is 4.79 Å². The maximum absolute atomic E-state index is 11.9. The van der Waals surface area contributed by atoms with E-state index in [1.54, 1.807) is 18.2 Å². The minimum absolute atomic E-state index is 0.0754. The van der Waals surface area contributed by atoms with Gasteiger partial charge in [-0.3, -0.25) is 4.79 Å². The molecule has 0 fully saturated rings. The summed E-state index contributed by atoms with van der Waals surface area (Å²) >= 11 is 5.87. The number of nitrogens with zero attached hydrogens (tertiary/aromatic N) is 1. The molecule has 0 radical (unpaired) electrons. The van der Waals surface area contributed by atoms with Gasteiger partial charge in [0.15, 0.2) is 0 Å². The summed E-state index contributed by atoms with van der Waals surface area (Å²) in [6.07, 6.45) is 0. The van der Waals surface area contributed by atoms with Crippen LogP contribution in [0.15, 0.2) is 54.6 Å². The SMILES string of the molecule is CN(CC(=O)Nc1cccc(Cl)c1)c1ccccc1. The monoisotopic (exact) mass is 274 g/mol. The number of likely N-dealkylation sites (N-methyl/N-ethyl adjacent to an activating group) is 1. The predicted octanol–water partition coefficient (Wildman–Crippen LogP) is 3.41. The van der Waals surface area contributed by atoms with Gasteiger partial charge in [-0.05, 0) is 30.3 Å². The highest BCUT2D eigenvalue weighted by atomic mass is 35.5. The second-order valence-electron chi connectivity index (χ2n) is 4.25. The normalized spacial score (nSPS) is 10.0. The first-order valence-electron chi connectivity index (χ1n) is 5.97. The Hall–Kier alpha value is -2.00. The van der Waals surface area contributed by atoms with Crippen molar-refractivity contribution in [2.45, 2.75) is 0 Å². The second kappa shape index (κ2) is 6.25. The molecule has 0 spiro atoms. The van der Waals surface area contributed by atoms with Gasteiger partial charge in [0.2, 0.25) is 5.91 Å². The van der Waals surface area contributed by atoms with E-state index in [-0.39, 0.29) is 12.5 Å². The van der Waals surface area contributed by atoms with Crippen molar-refractivity contribution in [3.8, 4) is 0 Å². The summed E-state index contributed by atoms with van der Waals surface area (Å²) in [4.78, 5) is 13.8. The highest BCUT2D eigenvalue weighted by Crippen LogP contribution is 2.15. The maximum atomic E-state index is 11.9. The molecule has 2 aromatic carbocycles. The highest BCUT2D eigenvalue weighted by molar-refractivity contribution is 6.30. The Kier molecular flexibility index (Phi) is 4.42. The summed E-state index contributed by atoms with van der Waals surface area (Å²) < 4.78 is 0. The number of carbonyl (C=O) groups is 1. The molecule has 0 heterocycles. The van der Waals surface area contributed by atoms with Crippen molar-refractivity contribution in [1.29, 1.82) is 0 Å². The Morgan fingerprint density at radius 3 is 2.58 bits per heavy atom. The van der Waals surface area contributed by atoms with Crippen LogP contribution in [-0.2, 0) is 4.79 Å². The topological polar surface area (TPSA) is 32.3 Å². The molecule has 19 heavy (non-hydrogen) atoms. The van der Waals surface area contributed by atoms with Crippen LogP contribution in [0.3, 0.4) is 0 Å². The lowest BCUT2D eigenvalue weighted by Crippen LogP contribution is -2.29. The largest absolute Gasteiger partial charge is 0.365 e. The lowest BCUT2D eigenvalue weighted by atomic mass is 10.3. The molecule has 2 aromatic rings. The molecule has 3 nitrogen and oxygen atoms in total. The number of halogens is 1. The number of rotatable bonds is 4. The molecule has 0 aliphatic heterocycles. The Balaban J connectivity index is 1.95. The molecule has 98 valence electrons. The number of para-hydroxylation sites is 1. The third-order valence-electron chi connectivity index (χ3n) is 2.69. The lowest BCUT2D eigenvalue weighted by Gasteiger charge is -2.18. The molecule has 0 aliphatic carbocycles. The van der Waals surface area contributed by atoms with Gasteiger partial charge in [-0.1, -0.05) is 35.9 Å². The van der Waals surface area contributed by atoms with Crippen LogP contribution in [0.1, 0.15) is 0 Å². The minimum Gasteiger partial charge on any atom is -0.365 e. The van der Waals surface area contributed by atoms with Crippen LogP contribution in [0, 0.1) is 0 Å². The quantitative estimate of drug-likeness (QED) is 0.927. The van der Waals surface area contributed by atoms with E-state index in [0.29, 0.717) is 10.7 Å². The van der Waals surface area contributed by atoms with Gasteiger partial charge in [0, 0.05) is 23.4 Å². The van der Waals surface area contributed by atoms with Gasteiger partial charge in [-0.2, -0.15) is 0 Å². The molecule has 0 saturated heterocycles. The van der Waals surface area contributed by atoms with Crippen molar-refractivity contribution in [2.24, 2.45) is 0 Å². The van der Waals surface area contributed by atoms with E-state index >= 15 is 0 Å². The van der Waals surface area contributed by atoms with Crippen LogP contribution in [0.5, 0.6) is 0 Å². The number of hydrogen-bond acceptors (Lipinski definition) is 2. The maximum Gasteiger partial charge on any atom is 0.243 e. The molecule has 4 heteroatoms. The Morgan fingerprint density at radius 1 is 1.16 bits per heavy atom. The molecule has 0 aromatic heterocycles. The van der Waals surface area contributed by atoms with E-state index in [9.17, 15) is 4.79 Å². The van der Waals surface area contributed by atoms with E-state index in [0.717, 1.165) is 5.69 Å². The summed E-state index contributed by atoms with van der Waals surface area (Å²) in [5, 5.41) is 3.42. The van der Waals surface area contributed by atoms with Crippen LogP contribution in [0.4, 0.5) is 11.4 Å². The Morgan fingerprint density at radius 2 is 1.89 bits per heavy atom. The predicted molar refractivity (Wildman–Crippen MR) is 79.8 cm³/mol. The first-order chi connectivity index (χ1) is 9.15. The third-order valence-corrected chi connectivity index (χ3v) is 2.92. The van der Waals surface area contributed by atoms with E-state index < -0.39 is 0 Å². The summed E-state index contributed by atoms with van der Waals surface area (Å²) in [6, 6.07) is 16.9. The molecular formula is C15H15ClN2O. The first-order valence-corrected chi connectivity index (χ1v) is 6.34. The zero-order valence-corrected chi connectivity index (χ0v) is 11.4. The summed E-state index contributed by atoms with van der Waals surface area (Å²) in [6.45, 7) is 0.288. The number of hydrogen-bond donors (Lipinski definition) is 1. The Bertz CT molecular complexity index is 557. The number of amides is 1. The fourth-order valence-corrected chi connectivity index (χ4v) is 1.95. The molecule has 0 saturated carbocycles. The average Bonchev–Trinajstić information content (AvgIpc) is 2.39.